The first-order valence-electron chi connectivity index (χ1n) is 5.70. The summed E-state index contributed by atoms with van der Waals surface area (Å²) in [5.74, 6) is -0.818. The highest BCUT2D eigenvalue weighted by molar-refractivity contribution is 7.15. The molecule has 0 aliphatic rings. The average Bonchev–Trinajstić information content (AvgIpc) is 2.92. The maximum absolute atomic E-state index is 10.8. The monoisotopic (exact) mass is 291 g/mol. The van der Waals surface area contributed by atoms with Crippen LogP contribution in [0.2, 0.25) is 5.02 Å². The highest BCUT2D eigenvalue weighted by atomic mass is 35.5. The van der Waals surface area contributed by atoms with Crippen LogP contribution in [-0.4, -0.2) is 15.5 Å². The van der Waals surface area contributed by atoms with E-state index < -0.39 is 5.97 Å². The maximum Gasteiger partial charge on any atom is 0.309 e. The van der Waals surface area contributed by atoms with E-state index in [1.165, 1.54) is 0 Å². The molecule has 0 radical (unpaired) electrons. The molecule has 2 heterocycles. The maximum atomic E-state index is 10.8. The zero-order chi connectivity index (χ0) is 13.4. The van der Waals surface area contributed by atoms with Crippen molar-refractivity contribution in [2.24, 2.45) is 0 Å². The fourth-order valence-electron chi connectivity index (χ4n) is 2.02. The van der Waals surface area contributed by atoms with Gasteiger partial charge in [0.05, 0.1) is 11.3 Å². The van der Waals surface area contributed by atoms with Crippen molar-refractivity contribution in [2.45, 2.75) is 6.42 Å². The fourth-order valence-corrected chi connectivity index (χ4v) is 3.08. The number of halogens is 1. The molecule has 2 aromatic heterocycles. The van der Waals surface area contributed by atoms with E-state index in [4.69, 9.17) is 16.7 Å². The molecule has 1 N–H and O–H groups in total. The quantitative estimate of drug-likeness (QED) is 0.794. The number of carboxylic acid groups (broad SMARTS) is 1. The second-order valence-corrected chi connectivity index (χ2v) is 5.57. The molecule has 3 aromatic rings. The summed E-state index contributed by atoms with van der Waals surface area (Å²) >= 11 is 7.42. The molecule has 0 amide bonds. The molecule has 0 saturated carbocycles. The number of thiazole rings is 1. The zero-order valence-electron chi connectivity index (χ0n) is 9.84. The fraction of sp³-hybridized carbons (Fsp3) is 0.0714. The molecule has 0 atom stereocenters. The summed E-state index contributed by atoms with van der Waals surface area (Å²) in [4.78, 5) is 11.8. The Labute approximate surface area is 118 Å². The third-order valence-electron chi connectivity index (χ3n) is 2.92. The van der Waals surface area contributed by atoms with Crippen molar-refractivity contribution < 1.29 is 9.90 Å². The van der Waals surface area contributed by atoms with Crippen molar-refractivity contribution in [3.63, 3.8) is 0 Å². The Morgan fingerprint density at radius 3 is 2.68 bits per heavy atom. The number of benzene rings is 1. The molecule has 19 heavy (non-hydrogen) atoms. The largest absolute Gasteiger partial charge is 0.481 e. The smallest absolute Gasteiger partial charge is 0.309 e. The first-order valence-corrected chi connectivity index (χ1v) is 6.95. The molecule has 0 fully saturated rings. The average molecular weight is 292 g/mol. The molecule has 0 aliphatic heterocycles. The number of rotatable bonds is 3. The van der Waals surface area contributed by atoms with E-state index >= 15 is 0 Å². The lowest BCUT2D eigenvalue weighted by atomic mass is 10.1. The number of nitrogens with zero attached hydrogens (tertiary/aromatic N) is 1. The lowest BCUT2D eigenvalue weighted by Crippen LogP contribution is -2.01. The SMILES string of the molecule is O=C(O)Cc1csc2cc(-c3ccc(Cl)cc3)cn12. The number of hydrogen-bond acceptors (Lipinski definition) is 2. The van der Waals surface area contributed by atoms with Gasteiger partial charge in [0.1, 0.15) is 0 Å². The van der Waals surface area contributed by atoms with Crippen molar-refractivity contribution in [1.29, 1.82) is 0 Å². The highest BCUT2D eigenvalue weighted by Crippen LogP contribution is 2.28. The van der Waals surface area contributed by atoms with Crippen LogP contribution >= 0.6 is 22.9 Å². The van der Waals surface area contributed by atoms with E-state index in [9.17, 15) is 4.79 Å². The Balaban J connectivity index is 2.04. The molecule has 3 nitrogen and oxygen atoms in total. The van der Waals surface area contributed by atoms with Crippen LogP contribution in [0.5, 0.6) is 0 Å². The summed E-state index contributed by atoms with van der Waals surface area (Å²) in [5.41, 5.74) is 2.93. The molecule has 0 unspecified atom stereocenters. The van der Waals surface area contributed by atoms with Gasteiger partial charge in [0.15, 0.2) is 0 Å². The van der Waals surface area contributed by atoms with Gasteiger partial charge in [0, 0.05) is 27.9 Å². The van der Waals surface area contributed by atoms with Crippen LogP contribution in [0.25, 0.3) is 16.0 Å². The van der Waals surface area contributed by atoms with Gasteiger partial charge in [-0.2, -0.15) is 0 Å². The molecule has 96 valence electrons. The number of aromatic nitrogens is 1. The molecule has 5 heteroatoms. The summed E-state index contributed by atoms with van der Waals surface area (Å²) in [7, 11) is 0. The van der Waals surface area contributed by atoms with Gasteiger partial charge in [-0.15, -0.1) is 11.3 Å². The Morgan fingerprint density at radius 1 is 1.26 bits per heavy atom. The molecule has 0 spiro atoms. The summed E-state index contributed by atoms with van der Waals surface area (Å²) < 4.78 is 1.93. The van der Waals surface area contributed by atoms with Gasteiger partial charge < -0.3 is 9.51 Å². The van der Waals surface area contributed by atoms with Crippen LogP contribution in [-0.2, 0) is 11.2 Å². The van der Waals surface area contributed by atoms with Crippen LogP contribution in [0.4, 0.5) is 0 Å². The zero-order valence-corrected chi connectivity index (χ0v) is 11.4. The van der Waals surface area contributed by atoms with Crippen molar-refractivity contribution in [3.05, 3.63) is 52.6 Å². The van der Waals surface area contributed by atoms with Crippen LogP contribution in [0.1, 0.15) is 5.69 Å². The van der Waals surface area contributed by atoms with E-state index in [2.05, 4.69) is 6.07 Å². The Kier molecular flexibility index (Phi) is 3.05. The van der Waals surface area contributed by atoms with E-state index in [1.807, 2.05) is 40.2 Å². The Bertz CT molecular complexity index is 742. The van der Waals surface area contributed by atoms with Gasteiger partial charge in [-0.05, 0) is 23.8 Å². The Hall–Kier alpha value is -1.78. The predicted molar refractivity (Wildman–Crippen MR) is 77.1 cm³/mol. The van der Waals surface area contributed by atoms with Crippen LogP contribution in [0, 0.1) is 0 Å². The predicted octanol–water partition coefficient (Wildman–Crippen LogP) is 3.95. The standard InChI is InChI=1S/C14H10ClNO2S/c15-11-3-1-9(2-4-11)10-5-13-16(7-10)12(8-19-13)6-14(17)18/h1-5,7-8H,6H2,(H,17,18). The second kappa shape index (κ2) is 4.72. The van der Waals surface area contributed by atoms with Gasteiger partial charge in [-0.25, -0.2) is 0 Å². The van der Waals surface area contributed by atoms with E-state index in [0.29, 0.717) is 5.02 Å². The number of hydrogen-bond donors (Lipinski definition) is 1. The lowest BCUT2D eigenvalue weighted by Gasteiger charge is -1.97. The summed E-state index contributed by atoms with van der Waals surface area (Å²) in [6, 6.07) is 9.66. The number of carboxylic acids is 1. The van der Waals surface area contributed by atoms with Gasteiger partial charge in [-0.3, -0.25) is 4.79 Å². The van der Waals surface area contributed by atoms with Crippen molar-refractivity contribution >= 4 is 33.7 Å². The van der Waals surface area contributed by atoms with Crippen molar-refractivity contribution in [2.75, 3.05) is 0 Å². The topological polar surface area (TPSA) is 41.7 Å². The van der Waals surface area contributed by atoms with Crippen LogP contribution in [0.15, 0.2) is 41.9 Å². The molecule has 0 saturated heterocycles. The van der Waals surface area contributed by atoms with Gasteiger partial charge in [-0.1, -0.05) is 23.7 Å². The third-order valence-corrected chi connectivity index (χ3v) is 4.12. The summed E-state index contributed by atoms with van der Waals surface area (Å²) in [6.45, 7) is 0. The van der Waals surface area contributed by atoms with Crippen molar-refractivity contribution in [3.8, 4) is 11.1 Å². The van der Waals surface area contributed by atoms with Gasteiger partial charge in [0.25, 0.3) is 0 Å². The second-order valence-electron chi connectivity index (χ2n) is 4.24. The van der Waals surface area contributed by atoms with Gasteiger partial charge in [0.2, 0.25) is 0 Å². The Morgan fingerprint density at radius 2 is 2.00 bits per heavy atom. The minimum absolute atomic E-state index is 0.0364. The van der Waals surface area contributed by atoms with E-state index in [0.717, 1.165) is 21.7 Å². The van der Waals surface area contributed by atoms with Crippen molar-refractivity contribution in [1.82, 2.24) is 4.40 Å². The van der Waals surface area contributed by atoms with E-state index in [-0.39, 0.29) is 6.42 Å². The molecular weight excluding hydrogens is 282 g/mol. The normalized spacial score (nSPS) is 11.0. The van der Waals surface area contributed by atoms with Crippen LogP contribution < -0.4 is 0 Å². The number of carbonyl (C=O) groups is 1. The molecule has 0 aliphatic carbocycles. The minimum atomic E-state index is -0.818. The summed E-state index contributed by atoms with van der Waals surface area (Å²) in [6.07, 6.45) is 2.00. The first kappa shape index (κ1) is 12.3. The van der Waals surface area contributed by atoms with Crippen LogP contribution in [0.3, 0.4) is 0 Å². The van der Waals surface area contributed by atoms with E-state index in [1.54, 1.807) is 11.3 Å². The number of aliphatic carboxylic acids is 1. The third kappa shape index (κ3) is 2.37. The molecule has 0 bridgehead atoms. The minimum Gasteiger partial charge on any atom is -0.481 e. The molecule has 3 rings (SSSR count). The highest BCUT2D eigenvalue weighted by Gasteiger charge is 2.10. The summed E-state index contributed by atoms with van der Waals surface area (Å²) in [5, 5.41) is 11.5. The lowest BCUT2D eigenvalue weighted by molar-refractivity contribution is -0.136. The molecule has 1 aromatic carbocycles. The first-order chi connectivity index (χ1) is 9.13. The number of fused-ring (bicyclic) bond motifs is 1. The van der Waals surface area contributed by atoms with Gasteiger partial charge >= 0.3 is 5.97 Å². The molecular formula is C14H10ClNO2S.